The Morgan fingerprint density at radius 1 is 1.24 bits per heavy atom. The van der Waals surface area contributed by atoms with Gasteiger partial charge in [-0.1, -0.05) is 24.3 Å². The van der Waals surface area contributed by atoms with Crippen molar-refractivity contribution in [2.45, 2.75) is 13.3 Å². The highest BCUT2D eigenvalue weighted by atomic mass is 16.5. The van der Waals surface area contributed by atoms with Crippen LogP contribution in [-0.4, -0.2) is 69.6 Å². The number of nitrogens with zero attached hydrogens (tertiary/aromatic N) is 3. The minimum atomic E-state index is -0.0295. The second-order valence-electron chi connectivity index (χ2n) is 6.27. The lowest BCUT2D eigenvalue weighted by atomic mass is 10.1. The molecule has 1 aromatic carbocycles. The molecule has 0 unspecified atom stereocenters. The normalized spacial score (nSPS) is 11.0. The molecule has 0 saturated heterocycles. The van der Waals surface area contributed by atoms with E-state index in [-0.39, 0.29) is 12.5 Å². The number of ether oxygens (including phenoxy) is 1. The summed E-state index contributed by atoms with van der Waals surface area (Å²) in [6, 6.07) is 8.00. The van der Waals surface area contributed by atoms with Gasteiger partial charge in [-0.25, -0.2) is 4.99 Å². The first kappa shape index (κ1) is 20.5. The Hall–Kier alpha value is -2.50. The first-order valence-electron chi connectivity index (χ1n) is 8.30. The van der Waals surface area contributed by atoms with Crippen LogP contribution >= 0.6 is 0 Å². The molecule has 0 spiro atoms. The molecule has 0 atom stereocenters. The summed E-state index contributed by atoms with van der Waals surface area (Å²) in [4.78, 5) is 19.7. The van der Waals surface area contributed by atoms with Crippen molar-refractivity contribution < 1.29 is 9.53 Å². The van der Waals surface area contributed by atoms with Crippen molar-refractivity contribution in [1.29, 1.82) is 0 Å². The van der Waals surface area contributed by atoms with Gasteiger partial charge in [0.25, 0.3) is 0 Å². The number of guanidine groups is 1. The van der Waals surface area contributed by atoms with Gasteiger partial charge in [0.15, 0.2) is 5.96 Å². The van der Waals surface area contributed by atoms with Crippen LogP contribution in [0.4, 0.5) is 0 Å². The number of hydrogen-bond acceptors (Lipinski definition) is 3. The topological polar surface area (TPSA) is 57.2 Å². The van der Waals surface area contributed by atoms with E-state index in [9.17, 15) is 4.79 Å². The van der Waals surface area contributed by atoms with Crippen molar-refractivity contribution in [3.05, 3.63) is 42.0 Å². The maximum atomic E-state index is 11.8. The van der Waals surface area contributed by atoms with Crippen molar-refractivity contribution in [3.63, 3.8) is 0 Å². The summed E-state index contributed by atoms with van der Waals surface area (Å²) in [5.41, 5.74) is 2.24. The number of carbonyl (C=O) groups excluding carboxylic acids is 1. The van der Waals surface area contributed by atoms with Crippen LogP contribution in [0.2, 0.25) is 0 Å². The summed E-state index contributed by atoms with van der Waals surface area (Å²) >= 11 is 0. The molecule has 1 amide bonds. The molecule has 6 heteroatoms. The lowest BCUT2D eigenvalue weighted by Crippen LogP contribution is -2.41. The molecular weight excluding hydrogens is 316 g/mol. The monoisotopic (exact) mass is 346 g/mol. The zero-order chi connectivity index (χ0) is 18.8. The van der Waals surface area contributed by atoms with Crippen LogP contribution in [0.1, 0.15) is 12.5 Å². The van der Waals surface area contributed by atoms with Crippen LogP contribution in [-0.2, 0) is 11.2 Å². The molecule has 1 N–H and O–H groups in total. The van der Waals surface area contributed by atoms with Gasteiger partial charge in [-0.05, 0) is 31.0 Å². The van der Waals surface area contributed by atoms with Gasteiger partial charge in [-0.2, -0.15) is 0 Å². The molecule has 0 fully saturated rings. The fourth-order valence-corrected chi connectivity index (χ4v) is 2.19. The maximum absolute atomic E-state index is 11.8. The summed E-state index contributed by atoms with van der Waals surface area (Å²) in [5, 5.41) is 3.33. The first-order chi connectivity index (χ1) is 11.8. The van der Waals surface area contributed by atoms with Crippen LogP contribution in [0.5, 0.6) is 5.75 Å². The zero-order valence-corrected chi connectivity index (χ0v) is 16.0. The smallest absolute Gasteiger partial charge is 0.243 e. The van der Waals surface area contributed by atoms with Crippen molar-refractivity contribution in [2.75, 3.05) is 47.9 Å². The van der Waals surface area contributed by atoms with Gasteiger partial charge in [0.05, 0.1) is 7.11 Å². The van der Waals surface area contributed by atoms with E-state index in [1.807, 2.05) is 43.1 Å². The van der Waals surface area contributed by atoms with Crippen LogP contribution in [0.15, 0.2) is 41.4 Å². The van der Waals surface area contributed by atoms with Gasteiger partial charge in [-0.3, -0.25) is 4.79 Å². The van der Waals surface area contributed by atoms with Gasteiger partial charge in [0.1, 0.15) is 12.3 Å². The number of amides is 1. The number of carbonyl (C=O) groups is 1. The molecular formula is C19H30N4O2. The number of likely N-dealkylation sites (N-methyl/N-ethyl adjacent to an activating group) is 2. The van der Waals surface area contributed by atoms with E-state index in [4.69, 9.17) is 4.74 Å². The molecule has 0 radical (unpaired) electrons. The maximum Gasteiger partial charge on any atom is 0.243 e. The number of rotatable bonds is 8. The number of benzene rings is 1. The third-order valence-electron chi connectivity index (χ3n) is 3.59. The molecule has 0 aliphatic heterocycles. The third kappa shape index (κ3) is 7.74. The summed E-state index contributed by atoms with van der Waals surface area (Å²) < 4.78 is 5.17. The van der Waals surface area contributed by atoms with Gasteiger partial charge < -0.3 is 19.9 Å². The Labute approximate surface area is 151 Å². The highest BCUT2D eigenvalue weighted by Crippen LogP contribution is 2.11. The third-order valence-corrected chi connectivity index (χ3v) is 3.59. The Bertz CT molecular complexity index is 594. The molecule has 0 aliphatic rings. The van der Waals surface area contributed by atoms with E-state index in [0.717, 1.165) is 24.3 Å². The molecule has 0 saturated carbocycles. The molecule has 0 aliphatic carbocycles. The number of methoxy groups -OCH3 is 1. The Morgan fingerprint density at radius 2 is 1.88 bits per heavy atom. The quantitative estimate of drug-likeness (QED) is 0.443. The number of nitrogens with one attached hydrogen (secondary N) is 1. The highest BCUT2D eigenvalue weighted by Gasteiger charge is 2.09. The Balaban J connectivity index is 2.66. The van der Waals surface area contributed by atoms with Crippen LogP contribution in [0.25, 0.3) is 0 Å². The van der Waals surface area contributed by atoms with Crippen molar-refractivity contribution in [2.24, 2.45) is 4.99 Å². The number of aliphatic imine (C=N–C) groups is 1. The van der Waals surface area contributed by atoms with Crippen LogP contribution < -0.4 is 10.1 Å². The van der Waals surface area contributed by atoms with Crippen molar-refractivity contribution in [1.82, 2.24) is 15.1 Å². The second kappa shape index (κ2) is 10.4. The number of hydrogen-bond donors (Lipinski definition) is 1. The van der Waals surface area contributed by atoms with Crippen LogP contribution in [0, 0.1) is 0 Å². The lowest BCUT2D eigenvalue weighted by molar-refractivity contribution is -0.127. The highest BCUT2D eigenvalue weighted by molar-refractivity contribution is 5.84. The minimum absolute atomic E-state index is 0.0295. The van der Waals surface area contributed by atoms with Gasteiger partial charge >= 0.3 is 0 Å². The predicted octanol–water partition coefficient (Wildman–Crippen LogP) is 1.78. The summed E-state index contributed by atoms with van der Waals surface area (Å²) in [6.07, 6.45) is 0.853. The van der Waals surface area contributed by atoms with E-state index in [0.29, 0.717) is 12.5 Å². The molecule has 25 heavy (non-hydrogen) atoms. The van der Waals surface area contributed by atoms with Crippen molar-refractivity contribution >= 4 is 11.9 Å². The van der Waals surface area contributed by atoms with E-state index in [1.54, 1.807) is 21.2 Å². The molecule has 0 heterocycles. The predicted molar refractivity (Wildman–Crippen MR) is 103 cm³/mol. The average molecular weight is 346 g/mol. The van der Waals surface area contributed by atoms with Crippen LogP contribution in [0.3, 0.4) is 0 Å². The first-order valence-corrected chi connectivity index (χ1v) is 8.30. The van der Waals surface area contributed by atoms with E-state index in [2.05, 4.69) is 16.9 Å². The van der Waals surface area contributed by atoms with E-state index >= 15 is 0 Å². The summed E-state index contributed by atoms with van der Waals surface area (Å²) in [7, 11) is 7.05. The fraction of sp³-hybridized carbons (Fsp3) is 0.474. The van der Waals surface area contributed by atoms with Gasteiger partial charge in [0, 0.05) is 34.2 Å². The average Bonchev–Trinajstić information content (AvgIpc) is 2.57. The van der Waals surface area contributed by atoms with Gasteiger partial charge in [-0.15, -0.1) is 0 Å². The Morgan fingerprint density at radius 3 is 2.40 bits per heavy atom. The molecule has 1 rings (SSSR count). The minimum Gasteiger partial charge on any atom is -0.497 e. The molecule has 138 valence electrons. The molecule has 0 aromatic heterocycles. The van der Waals surface area contributed by atoms with E-state index in [1.165, 1.54) is 10.5 Å². The molecule has 6 nitrogen and oxygen atoms in total. The van der Waals surface area contributed by atoms with E-state index < -0.39 is 0 Å². The molecule has 1 aromatic rings. The summed E-state index contributed by atoms with van der Waals surface area (Å²) in [5.74, 6) is 1.52. The SMILES string of the molecule is C=C(C)CN(C)C(=NCC(=O)N(C)C)NCCc1ccc(OC)cc1. The largest absolute Gasteiger partial charge is 0.497 e. The molecule has 0 bridgehead atoms. The van der Waals surface area contributed by atoms with Crippen molar-refractivity contribution in [3.8, 4) is 5.75 Å². The second-order valence-corrected chi connectivity index (χ2v) is 6.27. The summed E-state index contributed by atoms with van der Waals surface area (Å²) in [6.45, 7) is 7.43. The van der Waals surface area contributed by atoms with Gasteiger partial charge in [0.2, 0.25) is 5.91 Å². The zero-order valence-electron chi connectivity index (χ0n) is 16.0. The lowest BCUT2D eigenvalue weighted by Gasteiger charge is -2.23. The Kier molecular flexibility index (Phi) is 8.53. The fourth-order valence-electron chi connectivity index (χ4n) is 2.19. The standard InChI is InChI=1S/C19H30N4O2/c1-15(2)14-23(5)19(21-13-18(24)22(3)4)20-12-11-16-7-9-17(25-6)10-8-16/h7-10H,1,11-14H2,2-6H3,(H,20,21).